The molecule has 1 fully saturated rings. The molecular formula is C25H30FN8S+. The van der Waals surface area contributed by atoms with E-state index in [0.29, 0.717) is 6.54 Å². The van der Waals surface area contributed by atoms with Gasteiger partial charge in [0.25, 0.3) is 0 Å². The quantitative estimate of drug-likeness (QED) is 0.338. The predicted octanol–water partition coefficient (Wildman–Crippen LogP) is 2.40. The largest absolute Gasteiger partial charge is 0.404 e. The van der Waals surface area contributed by atoms with E-state index in [1.807, 2.05) is 42.0 Å². The number of nitrogens with one attached hydrogen (secondary N) is 4. The zero-order chi connectivity index (χ0) is 24.4. The van der Waals surface area contributed by atoms with Crippen molar-refractivity contribution in [2.75, 3.05) is 43.1 Å². The number of alkyl halides is 1. The maximum atomic E-state index is 14.9. The summed E-state index contributed by atoms with van der Waals surface area (Å²) in [7, 11) is 3.66. The van der Waals surface area contributed by atoms with Gasteiger partial charge in [0, 0.05) is 55.1 Å². The summed E-state index contributed by atoms with van der Waals surface area (Å²) >= 11 is 1.61. The lowest BCUT2D eigenvalue weighted by atomic mass is 9.96. The number of halogens is 1. The topological polar surface area (TPSA) is 105 Å². The van der Waals surface area contributed by atoms with Crippen molar-refractivity contribution in [3.8, 4) is 0 Å². The molecule has 0 amide bonds. The number of thiazole rings is 1. The number of aromatic nitrogens is 1. The number of nitrogens with two attached hydrogens (primary N) is 1. The highest BCUT2D eigenvalue weighted by Crippen LogP contribution is 2.35. The van der Waals surface area contributed by atoms with Gasteiger partial charge >= 0.3 is 0 Å². The maximum Gasteiger partial charge on any atom is 0.236 e. The molecule has 3 atom stereocenters. The Morgan fingerprint density at radius 3 is 3.03 bits per heavy atom. The van der Waals surface area contributed by atoms with Gasteiger partial charge in [-0.3, -0.25) is 9.98 Å². The van der Waals surface area contributed by atoms with Crippen LogP contribution in [0.3, 0.4) is 0 Å². The molecule has 0 bridgehead atoms. The molecule has 6 N–H and O–H groups in total. The highest BCUT2D eigenvalue weighted by Gasteiger charge is 2.30. The van der Waals surface area contributed by atoms with Gasteiger partial charge in [-0.25, -0.2) is 14.7 Å². The van der Waals surface area contributed by atoms with Crippen LogP contribution in [0.15, 0.2) is 47.0 Å². The molecule has 0 radical (unpaired) electrons. The maximum absolute atomic E-state index is 14.9. The zero-order valence-electron chi connectivity index (χ0n) is 19.8. The Morgan fingerprint density at radius 1 is 1.34 bits per heavy atom. The zero-order valence-corrected chi connectivity index (χ0v) is 20.6. The summed E-state index contributed by atoms with van der Waals surface area (Å²) in [6.07, 6.45) is 4.64. The van der Waals surface area contributed by atoms with Crippen LogP contribution in [0.1, 0.15) is 23.7 Å². The summed E-state index contributed by atoms with van der Waals surface area (Å²) in [5.41, 5.74) is 14.2. The Kier molecular flexibility index (Phi) is 6.65. The number of hydrogen-bond acceptors (Lipinski definition) is 8. The van der Waals surface area contributed by atoms with Crippen molar-refractivity contribution in [3.05, 3.63) is 53.2 Å². The first-order chi connectivity index (χ1) is 17.1. The second-order valence-corrected chi connectivity index (χ2v) is 9.77. The molecule has 2 aliphatic heterocycles. The molecule has 10 heteroatoms. The van der Waals surface area contributed by atoms with Crippen LogP contribution in [0, 0.1) is 0 Å². The Balaban J connectivity index is 1.51. The molecule has 182 valence electrons. The highest BCUT2D eigenvalue weighted by atomic mass is 32.1. The van der Waals surface area contributed by atoms with Crippen molar-refractivity contribution in [1.82, 2.24) is 9.88 Å². The second kappa shape index (κ2) is 10.0. The summed E-state index contributed by atoms with van der Waals surface area (Å²) in [6.45, 7) is 1.26. The monoisotopic (exact) mass is 493 g/mol. The second-order valence-electron chi connectivity index (χ2n) is 8.88. The number of hydrogen-bond donors (Lipinski definition) is 5. The van der Waals surface area contributed by atoms with Crippen molar-refractivity contribution < 1.29 is 9.38 Å². The van der Waals surface area contributed by atoms with Crippen molar-refractivity contribution in [2.45, 2.75) is 24.8 Å². The Hall–Kier alpha value is -3.50. The van der Waals surface area contributed by atoms with E-state index in [9.17, 15) is 4.39 Å². The minimum Gasteiger partial charge on any atom is -0.404 e. The first-order valence-corrected chi connectivity index (χ1v) is 12.5. The lowest BCUT2D eigenvalue weighted by molar-refractivity contribution is -0.497. The van der Waals surface area contributed by atoms with Gasteiger partial charge in [-0.1, -0.05) is 0 Å². The molecule has 2 aliphatic rings. The Morgan fingerprint density at radius 2 is 2.23 bits per heavy atom. The van der Waals surface area contributed by atoms with Crippen LogP contribution < -0.4 is 26.7 Å². The third-order valence-electron chi connectivity index (χ3n) is 6.46. The van der Waals surface area contributed by atoms with E-state index in [1.54, 1.807) is 24.6 Å². The average molecular weight is 494 g/mol. The molecular weight excluding hydrogens is 463 g/mol. The smallest absolute Gasteiger partial charge is 0.236 e. The number of likely N-dealkylation sites (tertiary alicyclic amines) is 1. The Labute approximate surface area is 207 Å². The van der Waals surface area contributed by atoms with Crippen LogP contribution in [0.2, 0.25) is 0 Å². The molecule has 1 saturated heterocycles. The van der Waals surface area contributed by atoms with Crippen molar-refractivity contribution in [2.24, 2.45) is 10.7 Å². The number of fused-ring (bicyclic) bond motifs is 2. The van der Waals surface area contributed by atoms with Gasteiger partial charge in [-0.05, 0) is 43.8 Å². The summed E-state index contributed by atoms with van der Waals surface area (Å²) in [4.78, 5) is 13.9. The molecule has 2 aromatic carbocycles. The van der Waals surface area contributed by atoms with Gasteiger partial charge in [0.15, 0.2) is 6.17 Å². The van der Waals surface area contributed by atoms with Gasteiger partial charge < -0.3 is 21.3 Å². The Bertz CT molecular complexity index is 1300. The van der Waals surface area contributed by atoms with Crippen molar-refractivity contribution in [1.29, 1.82) is 0 Å². The van der Waals surface area contributed by atoms with Crippen LogP contribution in [-0.4, -0.2) is 61.8 Å². The van der Waals surface area contributed by atoms with Crippen LogP contribution >= 0.6 is 11.3 Å². The lowest BCUT2D eigenvalue weighted by Crippen LogP contribution is -2.75. The van der Waals surface area contributed by atoms with Crippen LogP contribution in [0.25, 0.3) is 15.8 Å². The SMILES string of the molecule is CN=C/C(=C\N)c1cc2c(cc1N[C@H]1CCN(C)C[C@@H]1F)C(Nc1ccc3ncsc3c1)[NH+]=CN2. The average Bonchev–Trinajstić information content (AvgIpc) is 3.32. The number of nitrogens with zero attached hydrogens (tertiary/aromatic N) is 3. The minimum absolute atomic E-state index is 0.185. The van der Waals surface area contributed by atoms with Gasteiger partial charge in [0.2, 0.25) is 6.34 Å². The van der Waals surface area contributed by atoms with Gasteiger partial charge in [-0.15, -0.1) is 11.3 Å². The van der Waals surface area contributed by atoms with Crippen molar-refractivity contribution >= 4 is 56.7 Å². The van der Waals surface area contributed by atoms with E-state index >= 15 is 0 Å². The predicted molar refractivity (Wildman–Crippen MR) is 144 cm³/mol. The molecule has 5 rings (SSSR count). The number of allylic oxidation sites excluding steroid dienone is 1. The fourth-order valence-electron chi connectivity index (χ4n) is 4.62. The van der Waals surface area contributed by atoms with Crippen LogP contribution in [0.5, 0.6) is 0 Å². The van der Waals surface area contributed by atoms with Gasteiger partial charge in [0.05, 0.1) is 27.3 Å². The van der Waals surface area contributed by atoms with E-state index in [4.69, 9.17) is 5.73 Å². The molecule has 0 aliphatic carbocycles. The number of aliphatic imine (C=N–C) groups is 1. The summed E-state index contributed by atoms with van der Waals surface area (Å²) in [5.74, 6) is 0. The highest BCUT2D eigenvalue weighted by molar-refractivity contribution is 7.16. The molecule has 1 aromatic heterocycles. The molecule has 0 spiro atoms. The molecule has 3 heterocycles. The summed E-state index contributed by atoms with van der Waals surface area (Å²) in [6, 6.07) is 9.97. The summed E-state index contributed by atoms with van der Waals surface area (Å²) in [5, 5.41) is 10.4. The number of piperidine rings is 1. The summed E-state index contributed by atoms with van der Waals surface area (Å²) < 4.78 is 16.1. The number of anilines is 3. The fourth-order valence-corrected chi connectivity index (χ4v) is 5.34. The minimum atomic E-state index is -0.965. The third-order valence-corrected chi connectivity index (χ3v) is 7.26. The van der Waals surface area contributed by atoms with E-state index < -0.39 is 6.17 Å². The van der Waals surface area contributed by atoms with E-state index in [-0.39, 0.29) is 12.2 Å². The standard InChI is InChI=1S/C25H29FN8S/c1-28-11-15(10-27)17-8-22-18(9-23(17)33-20-5-6-34(2)12-19(20)26)25(30-13-29-22)32-16-3-4-21-24(7-16)35-14-31-21/h3-4,7-11,13-14,19-20,25,32-33H,5-6,12,27H2,1-2H3,(H,29,30)/p+1/b15-10+,28-11?/t19-,20-,25?/m0/s1. The van der Waals surface area contributed by atoms with Gasteiger partial charge in [0.1, 0.15) is 11.9 Å². The van der Waals surface area contributed by atoms with Crippen molar-refractivity contribution in [3.63, 3.8) is 0 Å². The normalized spacial score (nSPS) is 22.8. The molecule has 35 heavy (non-hydrogen) atoms. The first-order valence-electron chi connectivity index (χ1n) is 11.6. The van der Waals surface area contributed by atoms with E-state index in [0.717, 1.165) is 56.9 Å². The molecule has 1 unspecified atom stereocenters. The van der Waals surface area contributed by atoms with Gasteiger partial charge in [-0.2, -0.15) is 0 Å². The lowest BCUT2D eigenvalue weighted by Gasteiger charge is -2.34. The fraction of sp³-hybridized carbons (Fsp3) is 0.320. The number of benzene rings is 2. The number of rotatable bonds is 6. The third kappa shape index (κ3) is 4.85. The van der Waals surface area contributed by atoms with E-state index in [1.165, 1.54) is 6.20 Å². The molecule has 8 nitrogen and oxygen atoms in total. The van der Waals surface area contributed by atoms with Crippen LogP contribution in [0.4, 0.5) is 21.5 Å². The van der Waals surface area contributed by atoms with Crippen LogP contribution in [-0.2, 0) is 0 Å². The molecule has 0 saturated carbocycles. The van der Waals surface area contributed by atoms with E-state index in [2.05, 4.69) is 43.1 Å². The first kappa shape index (κ1) is 23.3. The molecule has 3 aromatic rings.